The van der Waals surface area contributed by atoms with Crippen molar-refractivity contribution in [1.29, 1.82) is 0 Å². The average molecular weight is 400 g/mol. The molecule has 23 heavy (non-hydrogen) atoms. The van der Waals surface area contributed by atoms with E-state index in [9.17, 15) is 9.90 Å². The molecule has 7 nitrogen and oxygen atoms in total. The first-order valence-electron chi connectivity index (χ1n) is 6.41. The predicted octanol–water partition coefficient (Wildman–Crippen LogP) is 2.78. The second kappa shape index (κ2) is 7.93. The summed E-state index contributed by atoms with van der Waals surface area (Å²) in [4.78, 5) is 15.4. The molecule has 9 heteroatoms. The van der Waals surface area contributed by atoms with Crippen LogP contribution in [0.2, 0.25) is 0 Å². The van der Waals surface area contributed by atoms with E-state index in [1.54, 1.807) is 17.5 Å². The number of hydrogen-bond donors (Lipinski definition) is 2. The van der Waals surface area contributed by atoms with Crippen LogP contribution in [0.25, 0.3) is 0 Å². The fourth-order valence-corrected chi connectivity index (χ4v) is 2.73. The molecule has 1 aromatic heterocycles. The maximum Gasteiger partial charge on any atom is 0.311 e. The van der Waals surface area contributed by atoms with Crippen molar-refractivity contribution in [3.63, 3.8) is 0 Å². The summed E-state index contributed by atoms with van der Waals surface area (Å²) in [6.45, 7) is 0. The zero-order valence-corrected chi connectivity index (χ0v) is 14.8. The zero-order valence-electron chi connectivity index (χ0n) is 12.4. The van der Waals surface area contributed by atoms with Crippen LogP contribution in [0.3, 0.4) is 0 Å². The number of aromatic nitrogens is 1. The van der Waals surface area contributed by atoms with Crippen molar-refractivity contribution >= 4 is 44.6 Å². The molecule has 2 rings (SSSR count). The largest absolute Gasteiger partial charge is 0.503 e. The topological polar surface area (TPSA) is 93.0 Å². The Kier molecular flexibility index (Phi) is 5.94. The standard InChI is InChI=1S/C14H14BrN3O4S/c1-21-10-4-3-8(12(15)13(10)20)6-16-18-14-17-9(7-23-14)5-11(19)22-2/h3-4,6-7,20H,5H2,1-2H3,(H,17,18)/b16-6-. The molecule has 0 fully saturated rings. The Morgan fingerprint density at radius 2 is 2.30 bits per heavy atom. The zero-order chi connectivity index (χ0) is 16.8. The summed E-state index contributed by atoms with van der Waals surface area (Å²) in [6.07, 6.45) is 1.65. The summed E-state index contributed by atoms with van der Waals surface area (Å²) >= 11 is 4.61. The lowest BCUT2D eigenvalue weighted by Crippen LogP contribution is -2.04. The molecule has 0 atom stereocenters. The van der Waals surface area contributed by atoms with Gasteiger partial charge in [0.05, 0.1) is 37.0 Å². The summed E-state index contributed by atoms with van der Waals surface area (Å²) < 4.78 is 10.1. The first kappa shape index (κ1) is 17.2. The molecule has 0 bridgehead atoms. The summed E-state index contributed by atoms with van der Waals surface area (Å²) in [6, 6.07) is 3.39. The van der Waals surface area contributed by atoms with Gasteiger partial charge in [0.25, 0.3) is 0 Å². The maximum absolute atomic E-state index is 11.2. The van der Waals surface area contributed by atoms with E-state index in [2.05, 4.69) is 36.2 Å². The van der Waals surface area contributed by atoms with Crippen LogP contribution in [0.1, 0.15) is 11.3 Å². The fourth-order valence-electron chi connectivity index (χ4n) is 1.64. The predicted molar refractivity (Wildman–Crippen MR) is 91.4 cm³/mol. The van der Waals surface area contributed by atoms with Crippen LogP contribution in [0.15, 0.2) is 27.1 Å². The Labute approximate surface area is 145 Å². The summed E-state index contributed by atoms with van der Waals surface area (Å²) in [5.41, 5.74) is 4.05. The number of thiazole rings is 1. The highest BCUT2D eigenvalue weighted by molar-refractivity contribution is 9.10. The molecular weight excluding hydrogens is 386 g/mol. The normalized spacial score (nSPS) is 10.7. The van der Waals surface area contributed by atoms with Gasteiger partial charge in [0.1, 0.15) is 0 Å². The van der Waals surface area contributed by atoms with Gasteiger partial charge in [-0.15, -0.1) is 11.3 Å². The number of methoxy groups -OCH3 is 2. The minimum atomic E-state index is -0.344. The second-order valence-corrected chi connectivity index (χ2v) is 5.94. The number of halogens is 1. The highest BCUT2D eigenvalue weighted by atomic mass is 79.9. The molecule has 0 saturated heterocycles. The number of nitrogens with one attached hydrogen (secondary N) is 1. The minimum Gasteiger partial charge on any atom is -0.503 e. The molecule has 0 unspecified atom stereocenters. The number of ether oxygens (including phenoxy) is 2. The maximum atomic E-state index is 11.2. The molecule has 0 spiro atoms. The Morgan fingerprint density at radius 3 is 3.00 bits per heavy atom. The van der Waals surface area contributed by atoms with E-state index in [1.807, 2.05) is 0 Å². The van der Waals surface area contributed by atoms with Crippen LogP contribution in [0.5, 0.6) is 11.5 Å². The van der Waals surface area contributed by atoms with Crippen LogP contribution in [0, 0.1) is 0 Å². The highest BCUT2D eigenvalue weighted by Crippen LogP contribution is 2.35. The molecule has 0 saturated carbocycles. The van der Waals surface area contributed by atoms with Crippen LogP contribution in [-0.2, 0) is 16.0 Å². The van der Waals surface area contributed by atoms with Crippen molar-refractivity contribution < 1.29 is 19.4 Å². The molecule has 0 aliphatic rings. The van der Waals surface area contributed by atoms with E-state index in [0.29, 0.717) is 26.6 Å². The molecule has 122 valence electrons. The summed E-state index contributed by atoms with van der Waals surface area (Å²) in [5, 5.41) is 16.3. The number of carbonyl (C=O) groups is 1. The van der Waals surface area contributed by atoms with Crippen LogP contribution in [0.4, 0.5) is 5.13 Å². The van der Waals surface area contributed by atoms with Gasteiger partial charge in [0.15, 0.2) is 11.5 Å². The third-order valence-corrected chi connectivity index (χ3v) is 4.43. The lowest BCUT2D eigenvalue weighted by atomic mass is 10.2. The Hall–Kier alpha value is -2.13. The van der Waals surface area contributed by atoms with E-state index in [1.165, 1.54) is 31.8 Å². The number of rotatable bonds is 6. The smallest absolute Gasteiger partial charge is 0.311 e. The lowest BCUT2D eigenvalue weighted by molar-refractivity contribution is -0.139. The van der Waals surface area contributed by atoms with Crippen molar-refractivity contribution in [2.75, 3.05) is 19.6 Å². The van der Waals surface area contributed by atoms with E-state index < -0.39 is 0 Å². The lowest BCUT2D eigenvalue weighted by Gasteiger charge is -2.06. The number of hydrogen-bond acceptors (Lipinski definition) is 8. The highest BCUT2D eigenvalue weighted by Gasteiger charge is 2.10. The van der Waals surface area contributed by atoms with Crippen molar-refractivity contribution in [1.82, 2.24) is 4.98 Å². The molecule has 0 aliphatic heterocycles. The number of hydrazone groups is 1. The van der Waals surface area contributed by atoms with Gasteiger partial charge >= 0.3 is 5.97 Å². The van der Waals surface area contributed by atoms with Gasteiger partial charge in [0.2, 0.25) is 5.13 Å². The SMILES string of the molecule is COC(=O)Cc1csc(N/N=C\c2ccc(OC)c(O)c2Br)n1. The first-order chi connectivity index (χ1) is 11.0. The van der Waals surface area contributed by atoms with E-state index in [-0.39, 0.29) is 18.1 Å². The van der Waals surface area contributed by atoms with Crippen molar-refractivity contribution in [2.45, 2.75) is 6.42 Å². The minimum absolute atomic E-state index is 0.00561. The molecule has 0 aliphatic carbocycles. The number of benzene rings is 1. The Balaban J connectivity index is 2.02. The van der Waals surface area contributed by atoms with Gasteiger partial charge in [-0.1, -0.05) is 0 Å². The molecule has 1 aromatic carbocycles. The number of carbonyl (C=O) groups excluding carboxylic acids is 1. The van der Waals surface area contributed by atoms with Gasteiger partial charge in [-0.3, -0.25) is 10.2 Å². The van der Waals surface area contributed by atoms with E-state index in [0.717, 1.165) is 0 Å². The van der Waals surface area contributed by atoms with E-state index >= 15 is 0 Å². The summed E-state index contributed by atoms with van der Waals surface area (Å²) in [7, 11) is 2.81. The Morgan fingerprint density at radius 1 is 1.52 bits per heavy atom. The second-order valence-electron chi connectivity index (χ2n) is 4.29. The van der Waals surface area contributed by atoms with Crippen LogP contribution < -0.4 is 10.2 Å². The molecule has 0 amide bonds. The van der Waals surface area contributed by atoms with Crippen LogP contribution >= 0.6 is 27.3 Å². The number of nitrogens with zero attached hydrogens (tertiary/aromatic N) is 2. The van der Waals surface area contributed by atoms with Crippen molar-refractivity contribution in [2.24, 2.45) is 5.10 Å². The monoisotopic (exact) mass is 399 g/mol. The molecule has 1 heterocycles. The average Bonchev–Trinajstić information content (AvgIpc) is 2.99. The molecular formula is C14H14BrN3O4S. The molecule has 2 N–H and O–H groups in total. The van der Waals surface area contributed by atoms with Gasteiger partial charge < -0.3 is 14.6 Å². The number of phenolic OH excluding ortho intramolecular Hbond substituents is 1. The van der Waals surface area contributed by atoms with Gasteiger partial charge in [-0.25, -0.2) is 4.98 Å². The van der Waals surface area contributed by atoms with Crippen LogP contribution in [-0.4, -0.2) is 36.5 Å². The van der Waals surface area contributed by atoms with Gasteiger partial charge in [-0.2, -0.15) is 5.10 Å². The van der Waals surface area contributed by atoms with Gasteiger partial charge in [0, 0.05) is 10.9 Å². The third kappa shape index (κ3) is 4.42. The van der Waals surface area contributed by atoms with Crippen molar-refractivity contribution in [3.8, 4) is 11.5 Å². The molecule has 2 aromatic rings. The summed E-state index contributed by atoms with van der Waals surface area (Å²) in [5.74, 6) is 0.0309. The number of anilines is 1. The number of aromatic hydroxyl groups is 1. The third-order valence-electron chi connectivity index (χ3n) is 2.80. The van der Waals surface area contributed by atoms with E-state index in [4.69, 9.17) is 4.74 Å². The first-order valence-corrected chi connectivity index (χ1v) is 8.08. The number of esters is 1. The number of phenols is 1. The fraction of sp³-hybridized carbons (Fsp3) is 0.214. The Bertz CT molecular complexity index is 733. The molecule has 0 radical (unpaired) electrons. The van der Waals surface area contributed by atoms with Gasteiger partial charge in [-0.05, 0) is 28.1 Å². The quantitative estimate of drug-likeness (QED) is 0.440. The van der Waals surface area contributed by atoms with Crippen molar-refractivity contribution in [3.05, 3.63) is 33.2 Å².